The van der Waals surface area contributed by atoms with Gasteiger partial charge in [0.15, 0.2) is 0 Å². The van der Waals surface area contributed by atoms with E-state index in [2.05, 4.69) is 41.3 Å². The molecule has 0 saturated carbocycles. The molecule has 9 heteroatoms. The normalized spacial score (nSPS) is 12.1. The van der Waals surface area contributed by atoms with Crippen molar-refractivity contribution in [3.05, 3.63) is 27.1 Å². The van der Waals surface area contributed by atoms with Gasteiger partial charge in [0.1, 0.15) is 6.61 Å². The second kappa shape index (κ2) is 7.63. The third-order valence-electron chi connectivity index (χ3n) is 1.97. The number of nitrogens with one attached hydrogen (secondary N) is 1. The number of sulfonamides is 1. The van der Waals surface area contributed by atoms with E-state index < -0.39 is 23.1 Å². The van der Waals surface area contributed by atoms with Crippen LogP contribution in [0.5, 0.6) is 0 Å². The highest BCUT2D eigenvalue weighted by molar-refractivity contribution is 9.11. The Hall–Kier alpha value is -0.0900. The summed E-state index contributed by atoms with van der Waals surface area (Å²) in [6, 6.07) is 4.72. The molecule has 0 radical (unpaired) electrons. The van der Waals surface area contributed by atoms with Crippen LogP contribution in [0.3, 0.4) is 0 Å². The molecule has 0 aliphatic carbocycles. The Kier molecular flexibility index (Phi) is 6.81. The van der Waals surface area contributed by atoms with Crippen LogP contribution in [0, 0.1) is 0 Å². The van der Waals surface area contributed by atoms with Gasteiger partial charge in [-0.3, -0.25) is 0 Å². The number of hydrogen-bond donors (Lipinski definition) is 1. The lowest BCUT2D eigenvalue weighted by molar-refractivity contribution is 0.0199. The largest absolute Gasteiger partial charge is 0.374 e. The fraction of sp³-hybridized carbons (Fsp3) is 0.400. The Bertz CT molecular complexity index is 526. The number of rotatable bonds is 7. The molecule has 0 unspecified atom stereocenters. The zero-order chi connectivity index (χ0) is 14.5. The van der Waals surface area contributed by atoms with Gasteiger partial charge in [0.25, 0.3) is 6.43 Å². The second-order valence-corrected chi connectivity index (χ2v) is 6.94. The number of hydrogen-bond acceptors (Lipinski definition) is 3. The van der Waals surface area contributed by atoms with E-state index >= 15 is 0 Å². The maximum Gasteiger partial charge on any atom is 0.261 e. The first kappa shape index (κ1) is 17.0. The summed E-state index contributed by atoms with van der Waals surface area (Å²) in [4.78, 5) is 0.0655. The van der Waals surface area contributed by atoms with E-state index in [-0.39, 0.29) is 18.0 Å². The zero-order valence-electron chi connectivity index (χ0n) is 9.58. The van der Waals surface area contributed by atoms with Gasteiger partial charge in [0, 0.05) is 15.5 Å². The van der Waals surface area contributed by atoms with Crippen LogP contribution >= 0.6 is 31.9 Å². The molecule has 0 atom stereocenters. The summed E-state index contributed by atoms with van der Waals surface area (Å²) in [6.45, 7) is -0.897. The molecule has 0 spiro atoms. The van der Waals surface area contributed by atoms with Gasteiger partial charge >= 0.3 is 0 Å². The Labute approximate surface area is 126 Å². The van der Waals surface area contributed by atoms with Gasteiger partial charge in [-0.05, 0) is 34.1 Å². The lowest BCUT2D eigenvalue weighted by Crippen LogP contribution is -2.28. The van der Waals surface area contributed by atoms with Gasteiger partial charge in [-0.25, -0.2) is 21.9 Å². The average Bonchev–Trinajstić information content (AvgIpc) is 2.31. The zero-order valence-corrected chi connectivity index (χ0v) is 13.6. The SMILES string of the molecule is O=S(=O)(NCCOCC(F)F)c1cc(Br)ccc1Br. The molecule has 0 amide bonds. The predicted molar refractivity (Wildman–Crippen MR) is 73.9 cm³/mol. The highest BCUT2D eigenvalue weighted by Crippen LogP contribution is 2.25. The molecular formula is C10H11Br2F2NO3S. The molecular weight excluding hydrogens is 412 g/mol. The summed E-state index contributed by atoms with van der Waals surface area (Å²) in [6.07, 6.45) is -2.56. The van der Waals surface area contributed by atoms with Crippen LogP contribution in [0.15, 0.2) is 32.0 Å². The van der Waals surface area contributed by atoms with Gasteiger partial charge in [0.2, 0.25) is 10.0 Å². The molecule has 0 aliphatic rings. The van der Waals surface area contributed by atoms with Crippen LogP contribution in [0.2, 0.25) is 0 Å². The monoisotopic (exact) mass is 421 g/mol. The van der Waals surface area contributed by atoms with E-state index in [1.54, 1.807) is 12.1 Å². The first-order valence-electron chi connectivity index (χ1n) is 5.13. The first-order valence-corrected chi connectivity index (χ1v) is 8.20. The predicted octanol–water partition coefficient (Wildman–Crippen LogP) is 2.77. The number of benzene rings is 1. The van der Waals surface area contributed by atoms with E-state index in [1.807, 2.05) is 0 Å². The van der Waals surface area contributed by atoms with Crippen molar-refractivity contribution in [2.45, 2.75) is 11.3 Å². The Morgan fingerprint density at radius 3 is 2.63 bits per heavy atom. The third-order valence-corrected chi connectivity index (χ3v) is 4.91. The van der Waals surface area contributed by atoms with Gasteiger partial charge < -0.3 is 4.74 Å². The van der Waals surface area contributed by atoms with Gasteiger partial charge in [-0.15, -0.1) is 0 Å². The van der Waals surface area contributed by atoms with Gasteiger partial charge in [-0.2, -0.15) is 0 Å². The van der Waals surface area contributed by atoms with Crippen LogP contribution in [-0.4, -0.2) is 34.6 Å². The fourth-order valence-electron chi connectivity index (χ4n) is 1.18. The van der Waals surface area contributed by atoms with Crippen molar-refractivity contribution in [3.63, 3.8) is 0 Å². The van der Waals surface area contributed by atoms with Crippen LogP contribution in [-0.2, 0) is 14.8 Å². The van der Waals surface area contributed by atoms with Crippen LogP contribution in [0.25, 0.3) is 0 Å². The molecule has 4 nitrogen and oxygen atoms in total. The molecule has 1 N–H and O–H groups in total. The van der Waals surface area contributed by atoms with E-state index in [0.29, 0.717) is 8.95 Å². The lowest BCUT2D eigenvalue weighted by atomic mass is 10.4. The van der Waals surface area contributed by atoms with Crippen molar-refractivity contribution in [1.82, 2.24) is 4.72 Å². The van der Waals surface area contributed by atoms with E-state index in [4.69, 9.17) is 0 Å². The Balaban J connectivity index is 2.59. The molecule has 108 valence electrons. The lowest BCUT2D eigenvalue weighted by Gasteiger charge is -2.09. The molecule has 1 aromatic rings. The Morgan fingerprint density at radius 2 is 2.00 bits per heavy atom. The van der Waals surface area contributed by atoms with E-state index in [9.17, 15) is 17.2 Å². The molecule has 0 fully saturated rings. The summed E-state index contributed by atoms with van der Waals surface area (Å²) < 4.78 is 55.3. The molecule has 0 aliphatic heterocycles. The minimum Gasteiger partial charge on any atom is -0.374 e. The summed E-state index contributed by atoms with van der Waals surface area (Å²) >= 11 is 6.31. The summed E-state index contributed by atoms with van der Waals surface area (Å²) in [5.41, 5.74) is 0. The molecule has 19 heavy (non-hydrogen) atoms. The molecule has 0 heterocycles. The summed E-state index contributed by atoms with van der Waals surface area (Å²) in [5.74, 6) is 0. The highest BCUT2D eigenvalue weighted by atomic mass is 79.9. The standard InChI is InChI=1S/C10H11Br2F2NO3S/c11-7-1-2-8(12)9(5-7)19(16,17)15-3-4-18-6-10(13)14/h1-2,5,10,15H,3-4,6H2. The minimum absolute atomic E-state index is 0.0655. The maximum absolute atomic E-state index is 11.9. The van der Waals surface area contributed by atoms with Gasteiger partial charge in [0.05, 0.1) is 11.5 Å². The molecule has 0 bridgehead atoms. The minimum atomic E-state index is -3.71. The highest BCUT2D eigenvalue weighted by Gasteiger charge is 2.17. The van der Waals surface area contributed by atoms with Crippen molar-refractivity contribution >= 4 is 41.9 Å². The summed E-state index contributed by atoms with van der Waals surface area (Å²) in [5, 5.41) is 0. The third kappa shape index (κ3) is 5.82. The van der Waals surface area contributed by atoms with Crippen LogP contribution < -0.4 is 4.72 Å². The van der Waals surface area contributed by atoms with Crippen LogP contribution in [0.1, 0.15) is 0 Å². The smallest absolute Gasteiger partial charge is 0.261 e. The van der Waals surface area contributed by atoms with Crippen LogP contribution in [0.4, 0.5) is 8.78 Å². The van der Waals surface area contributed by atoms with E-state index in [0.717, 1.165) is 0 Å². The topological polar surface area (TPSA) is 55.4 Å². The van der Waals surface area contributed by atoms with E-state index in [1.165, 1.54) is 6.07 Å². The van der Waals surface area contributed by atoms with Crippen molar-refractivity contribution in [3.8, 4) is 0 Å². The average molecular weight is 423 g/mol. The van der Waals surface area contributed by atoms with Crippen molar-refractivity contribution in [1.29, 1.82) is 0 Å². The first-order chi connectivity index (χ1) is 8.83. The second-order valence-electron chi connectivity index (χ2n) is 3.44. The molecule has 1 aromatic carbocycles. The van der Waals surface area contributed by atoms with Gasteiger partial charge in [-0.1, -0.05) is 15.9 Å². The molecule has 0 aromatic heterocycles. The number of halogens is 4. The fourth-order valence-corrected chi connectivity index (χ4v) is 3.69. The summed E-state index contributed by atoms with van der Waals surface area (Å²) in [7, 11) is -3.71. The van der Waals surface area contributed by atoms with Crippen molar-refractivity contribution in [2.24, 2.45) is 0 Å². The molecule has 0 saturated heterocycles. The number of ether oxygens (including phenoxy) is 1. The number of alkyl halides is 2. The van der Waals surface area contributed by atoms with Crippen molar-refractivity contribution < 1.29 is 21.9 Å². The quantitative estimate of drug-likeness (QED) is 0.687. The molecule has 1 rings (SSSR count). The van der Waals surface area contributed by atoms with Crippen molar-refractivity contribution in [2.75, 3.05) is 19.8 Å². The maximum atomic E-state index is 11.9. The Morgan fingerprint density at radius 1 is 1.32 bits per heavy atom.